The summed E-state index contributed by atoms with van der Waals surface area (Å²) >= 11 is 0. The molecule has 3 heteroatoms. The lowest BCUT2D eigenvalue weighted by Crippen LogP contribution is -2.28. The summed E-state index contributed by atoms with van der Waals surface area (Å²) in [6.45, 7) is 2.68. The van der Waals surface area contributed by atoms with E-state index in [2.05, 4.69) is 11.4 Å². The number of ether oxygens (including phenoxy) is 1. The number of aliphatic hydroxyl groups excluding tert-OH is 1. The van der Waals surface area contributed by atoms with Gasteiger partial charge < -0.3 is 15.2 Å². The van der Waals surface area contributed by atoms with Crippen LogP contribution in [0.25, 0.3) is 0 Å². The average molecular weight is 235 g/mol. The van der Waals surface area contributed by atoms with E-state index >= 15 is 0 Å². The normalized spacial score (nSPS) is 24.4. The Hall–Kier alpha value is -1.22. The van der Waals surface area contributed by atoms with Crippen LogP contribution in [0.2, 0.25) is 0 Å². The van der Waals surface area contributed by atoms with Gasteiger partial charge in [-0.25, -0.2) is 0 Å². The van der Waals surface area contributed by atoms with E-state index in [1.54, 1.807) is 0 Å². The van der Waals surface area contributed by atoms with Crippen molar-refractivity contribution in [2.45, 2.75) is 44.8 Å². The summed E-state index contributed by atoms with van der Waals surface area (Å²) in [5.41, 5.74) is 1.07. The lowest BCUT2D eigenvalue weighted by molar-refractivity contribution is 0.126. The van der Waals surface area contributed by atoms with Gasteiger partial charge in [0.05, 0.1) is 18.4 Å². The van der Waals surface area contributed by atoms with E-state index in [9.17, 15) is 5.11 Å². The van der Waals surface area contributed by atoms with Crippen molar-refractivity contribution >= 4 is 5.69 Å². The fourth-order valence-corrected chi connectivity index (χ4v) is 2.31. The van der Waals surface area contributed by atoms with Crippen LogP contribution in [0.15, 0.2) is 24.3 Å². The van der Waals surface area contributed by atoms with E-state index < -0.39 is 0 Å². The minimum Gasteiger partial charge on any atom is -0.492 e. The third kappa shape index (κ3) is 3.37. The van der Waals surface area contributed by atoms with Crippen LogP contribution in [0.5, 0.6) is 5.75 Å². The minimum absolute atomic E-state index is 0.102. The fraction of sp³-hybridized carbons (Fsp3) is 0.571. The summed E-state index contributed by atoms with van der Waals surface area (Å²) < 4.78 is 5.59. The molecule has 0 heterocycles. The minimum atomic E-state index is -0.102. The van der Waals surface area contributed by atoms with Gasteiger partial charge in [0, 0.05) is 6.04 Å². The topological polar surface area (TPSA) is 41.5 Å². The number of rotatable bonds is 4. The molecular formula is C14H21NO2. The summed E-state index contributed by atoms with van der Waals surface area (Å²) in [6.07, 6.45) is 3.75. The van der Waals surface area contributed by atoms with Crippen LogP contribution < -0.4 is 10.1 Å². The van der Waals surface area contributed by atoms with Gasteiger partial charge in [-0.05, 0) is 44.7 Å². The maximum Gasteiger partial charge on any atom is 0.142 e. The zero-order chi connectivity index (χ0) is 12.1. The van der Waals surface area contributed by atoms with Crippen LogP contribution in [0, 0.1) is 0 Å². The largest absolute Gasteiger partial charge is 0.492 e. The van der Waals surface area contributed by atoms with Gasteiger partial charge in [0.2, 0.25) is 0 Å². The van der Waals surface area contributed by atoms with Crippen LogP contribution in [0.3, 0.4) is 0 Å². The van der Waals surface area contributed by atoms with Crippen molar-refractivity contribution in [3.63, 3.8) is 0 Å². The van der Waals surface area contributed by atoms with E-state index in [4.69, 9.17) is 4.74 Å². The molecule has 0 radical (unpaired) electrons. The Morgan fingerprint density at radius 2 is 1.94 bits per heavy atom. The summed E-state index contributed by atoms with van der Waals surface area (Å²) in [4.78, 5) is 0. The first-order chi connectivity index (χ1) is 8.29. The van der Waals surface area contributed by atoms with E-state index in [-0.39, 0.29) is 6.10 Å². The highest BCUT2D eigenvalue weighted by molar-refractivity contribution is 5.56. The number of aliphatic hydroxyl groups is 1. The molecule has 0 amide bonds. The van der Waals surface area contributed by atoms with Gasteiger partial charge in [-0.15, -0.1) is 0 Å². The zero-order valence-corrected chi connectivity index (χ0v) is 10.4. The van der Waals surface area contributed by atoms with Crippen molar-refractivity contribution in [2.24, 2.45) is 0 Å². The molecule has 17 heavy (non-hydrogen) atoms. The van der Waals surface area contributed by atoms with Crippen LogP contribution in [-0.4, -0.2) is 23.9 Å². The third-order valence-corrected chi connectivity index (χ3v) is 3.24. The van der Waals surface area contributed by atoms with Crippen LogP contribution in [-0.2, 0) is 0 Å². The quantitative estimate of drug-likeness (QED) is 0.843. The number of para-hydroxylation sites is 2. The number of hydrogen-bond acceptors (Lipinski definition) is 3. The van der Waals surface area contributed by atoms with Crippen molar-refractivity contribution in [1.29, 1.82) is 0 Å². The highest BCUT2D eigenvalue weighted by atomic mass is 16.5. The van der Waals surface area contributed by atoms with Crippen molar-refractivity contribution in [3.05, 3.63) is 24.3 Å². The molecule has 1 saturated carbocycles. The molecule has 0 aromatic heterocycles. The second-order valence-electron chi connectivity index (χ2n) is 4.58. The smallest absolute Gasteiger partial charge is 0.142 e. The summed E-state index contributed by atoms with van der Waals surface area (Å²) in [7, 11) is 0. The predicted molar refractivity (Wildman–Crippen MR) is 69.5 cm³/mol. The van der Waals surface area contributed by atoms with E-state index in [0.29, 0.717) is 12.6 Å². The Kier molecular flexibility index (Phi) is 4.26. The Bertz CT molecular complexity index is 346. The molecule has 0 saturated heterocycles. The third-order valence-electron chi connectivity index (χ3n) is 3.24. The predicted octanol–water partition coefficient (Wildman–Crippen LogP) is 2.80. The van der Waals surface area contributed by atoms with Gasteiger partial charge in [0.25, 0.3) is 0 Å². The number of nitrogens with one attached hydrogen (secondary N) is 1. The lowest BCUT2D eigenvalue weighted by atomic mass is 9.93. The van der Waals surface area contributed by atoms with E-state index in [1.807, 2.05) is 25.1 Å². The number of anilines is 1. The van der Waals surface area contributed by atoms with Gasteiger partial charge in [-0.3, -0.25) is 0 Å². The maximum absolute atomic E-state index is 9.48. The van der Waals surface area contributed by atoms with Crippen LogP contribution in [0.1, 0.15) is 32.6 Å². The SMILES string of the molecule is CCOc1ccccc1NC1CCC(O)CC1. The van der Waals surface area contributed by atoms with Crippen LogP contribution in [0.4, 0.5) is 5.69 Å². The first kappa shape index (κ1) is 12.2. The summed E-state index contributed by atoms with van der Waals surface area (Å²) in [5.74, 6) is 0.918. The molecule has 2 N–H and O–H groups in total. The second-order valence-corrected chi connectivity index (χ2v) is 4.58. The molecule has 0 unspecified atom stereocenters. The molecule has 94 valence electrons. The van der Waals surface area contributed by atoms with Gasteiger partial charge in [-0.2, -0.15) is 0 Å². The van der Waals surface area contributed by atoms with Crippen LogP contribution >= 0.6 is 0 Å². The first-order valence-corrected chi connectivity index (χ1v) is 6.46. The van der Waals surface area contributed by atoms with Gasteiger partial charge in [0.1, 0.15) is 5.75 Å². The second kappa shape index (κ2) is 5.92. The molecule has 1 fully saturated rings. The fourth-order valence-electron chi connectivity index (χ4n) is 2.31. The Morgan fingerprint density at radius 1 is 1.24 bits per heavy atom. The number of hydrogen-bond donors (Lipinski definition) is 2. The lowest BCUT2D eigenvalue weighted by Gasteiger charge is -2.27. The monoisotopic (exact) mass is 235 g/mol. The molecule has 1 aliphatic carbocycles. The first-order valence-electron chi connectivity index (χ1n) is 6.46. The van der Waals surface area contributed by atoms with Gasteiger partial charge in [-0.1, -0.05) is 12.1 Å². The van der Waals surface area contributed by atoms with Crippen molar-refractivity contribution in [1.82, 2.24) is 0 Å². The zero-order valence-electron chi connectivity index (χ0n) is 10.4. The molecule has 0 bridgehead atoms. The highest BCUT2D eigenvalue weighted by Gasteiger charge is 2.19. The maximum atomic E-state index is 9.48. The van der Waals surface area contributed by atoms with Gasteiger partial charge >= 0.3 is 0 Å². The van der Waals surface area contributed by atoms with E-state index in [0.717, 1.165) is 37.1 Å². The molecule has 0 spiro atoms. The van der Waals surface area contributed by atoms with Gasteiger partial charge in [0.15, 0.2) is 0 Å². The van der Waals surface area contributed by atoms with E-state index in [1.165, 1.54) is 0 Å². The summed E-state index contributed by atoms with van der Waals surface area (Å²) in [5, 5.41) is 13.0. The Balaban J connectivity index is 1.98. The molecular weight excluding hydrogens is 214 g/mol. The Morgan fingerprint density at radius 3 is 2.65 bits per heavy atom. The molecule has 1 aromatic rings. The molecule has 1 aromatic carbocycles. The number of benzene rings is 1. The molecule has 0 atom stereocenters. The van der Waals surface area contributed by atoms with Crippen molar-refractivity contribution in [2.75, 3.05) is 11.9 Å². The standard InChI is InChI=1S/C14H21NO2/c1-2-17-14-6-4-3-5-13(14)15-11-7-9-12(16)10-8-11/h3-6,11-12,15-16H,2,7-10H2,1H3. The average Bonchev–Trinajstić information content (AvgIpc) is 2.35. The van der Waals surface area contributed by atoms with Crippen molar-refractivity contribution < 1.29 is 9.84 Å². The summed E-state index contributed by atoms with van der Waals surface area (Å²) in [6, 6.07) is 8.50. The molecule has 2 rings (SSSR count). The molecule has 3 nitrogen and oxygen atoms in total. The Labute approximate surface area is 103 Å². The highest BCUT2D eigenvalue weighted by Crippen LogP contribution is 2.28. The molecule has 1 aliphatic rings. The van der Waals surface area contributed by atoms with Crippen molar-refractivity contribution in [3.8, 4) is 5.75 Å². The molecule has 0 aliphatic heterocycles.